The number of carbonyl (C=O) groups excluding carboxylic acids is 1. The Morgan fingerprint density at radius 2 is 2.21 bits per heavy atom. The van der Waals surface area contributed by atoms with Gasteiger partial charge >= 0.3 is 0 Å². The minimum absolute atomic E-state index is 0.0382. The first-order valence-electron chi connectivity index (χ1n) is 9.02. The molecule has 0 aliphatic carbocycles. The van der Waals surface area contributed by atoms with Crippen molar-refractivity contribution in [1.82, 2.24) is 25.2 Å². The van der Waals surface area contributed by atoms with Crippen LogP contribution in [-0.2, 0) is 11.8 Å². The summed E-state index contributed by atoms with van der Waals surface area (Å²) in [4.78, 5) is 23.0. The molecule has 3 heterocycles. The van der Waals surface area contributed by atoms with Crippen LogP contribution in [0.1, 0.15) is 12.8 Å². The standard InChI is InChI=1S/C18H21FN8O/c1-26-10-13(8-21-26)27-6-2-3-11(9-27)17(28)25-24-16-14-7-12(19)4-5-15(14)22-18(20)23-16/h4-5,7-8,10-11H,2-3,6,9H2,1H3,(H,25,28)(H3,20,22,23,24)/t11-/m0/s1. The second kappa shape index (κ2) is 7.29. The molecule has 0 bridgehead atoms. The van der Waals surface area contributed by atoms with E-state index in [-0.39, 0.29) is 23.6 Å². The van der Waals surface area contributed by atoms with Gasteiger partial charge in [0.25, 0.3) is 0 Å². The second-order valence-electron chi connectivity index (χ2n) is 6.86. The summed E-state index contributed by atoms with van der Waals surface area (Å²) in [6.45, 7) is 1.48. The first kappa shape index (κ1) is 18.0. The summed E-state index contributed by atoms with van der Waals surface area (Å²) in [5.74, 6) is -0.472. The van der Waals surface area contributed by atoms with Crippen molar-refractivity contribution in [2.75, 3.05) is 29.1 Å². The van der Waals surface area contributed by atoms with Gasteiger partial charge in [-0.2, -0.15) is 10.1 Å². The Kier molecular flexibility index (Phi) is 4.68. The molecule has 28 heavy (non-hydrogen) atoms. The van der Waals surface area contributed by atoms with Gasteiger partial charge < -0.3 is 10.6 Å². The molecule has 1 atom stereocenters. The number of aryl methyl sites for hydroxylation is 1. The summed E-state index contributed by atoms with van der Waals surface area (Å²) in [5, 5.41) is 4.63. The van der Waals surface area contributed by atoms with E-state index in [0.29, 0.717) is 17.4 Å². The molecule has 4 N–H and O–H groups in total. The zero-order chi connectivity index (χ0) is 19.7. The van der Waals surface area contributed by atoms with Gasteiger partial charge in [0.1, 0.15) is 5.82 Å². The Balaban J connectivity index is 1.46. The Morgan fingerprint density at radius 1 is 1.36 bits per heavy atom. The predicted octanol–water partition coefficient (Wildman–Crippen LogP) is 1.44. The fraction of sp³-hybridized carbons (Fsp3) is 0.333. The third-order valence-electron chi connectivity index (χ3n) is 4.83. The fourth-order valence-electron chi connectivity index (χ4n) is 3.43. The number of hydrogen-bond donors (Lipinski definition) is 3. The number of hydrazine groups is 1. The summed E-state index contributed by atoms with van der Waals surface area (Å²) in [7, 11) is 1.86. The minimum Gasteiger partial charge on any atom is -0.368 e. The summed E-state index contributed by atoms with van der Waals surface area (Å²) in [6.07, 6.45) is 5.42. The largest absolute Gasteiger partial charge is 0.368 e. The van der Waals surface area contributed by atoms with E-state index in [2.05, 4.69) is 30.8 Å². The van der Waals surface area contributed by atoms with Crippen molar-refractivity contribution in [2.24, 2.45) is 13.0 Å². The molecule has 1 aromatic carbocycles. The summed E-state index contributed by atoms with van der Waals surface area (Å²) >= 11 is 0. The number of carbonyl (C=O) groups is 1. The Bertz CT molecular complexity index is 1020. The molecule has 0 radical (unpaired) electrons. The summed E-state index contributed by atoms with van der Waals surface area (Å²) in [6, 6.07) is 4.11. The molecule has 1 aliphatic heterocycles. The van der Waals surface area contributed by atoms with E-state index in [9.17, 15) is 9.18 Å². The van der Waals surface area contributed by atoms with Crippen LogP contribution in [0.4, 0.5) is 21.8 Å². The molecule has 1 saturated heterocycles. The van der Waals surface area contributed by atoms with Crippen LogP contribution in [0.5, 0.6) is 0 Å². The average molecular weight is 384 g/mol. The average Bonchev–Trinajstić information content (AvgIpc) is 3.13. The van der Waals surface area contributed by atoms with Crippen molar-refractivity contribution in [2.45, 2.75) is 12.8 Å². The van der Waals surface area contributed by atoms with Gasteiger partial charge in [0.2, 0.25) is 11.9 Å². The van der Waals surface area contributed by atoms with Crippen LogP contribution in [0, 0.1) is 11.7 Å². The highest BCUT2D eigenvalue weighted by molar-refractivity contribution is 5.91. The number of amides is 1. The van der Waals surface area contributed by atoms with Crippen LogP contribution >= 0.6 is 0 Å². The number of benzene rings is 1. The maximum absolute atomic E-state index is 13.6. The third-order valence-corrected chi connectivity index (χ3v) is 4.83. The molecule has 1 amide bonds. The van der Waals surface area contributed by atoms with Crippen LogP contribution in [0.15, 0.2) is 30.6 Å². The second-order valence-corrected chi connectivity index (χ2v) is 6.86. The molecule has 146 valence electrons. The first-order valence-corrected chi connectivity index (χ1v) is 9.02. The van der Waals surface area contributed by atoms with E-state index in [1.165, 1.54) is 18.2 Å². The molecule has 0 saturated carbocycles. The van der Waals surface area contributed by atoms with Crippen LogP contribution in [0.25, 0.3) is 10.9 Å². The number of nitrogen functional groups attached to an aromatic ring is 1. The number of halogens is 1. The number of piperidine rings is 1. The van der Waals surface area contributed by atoms with Gasteiger partial charge in [0.05, 0.1) is 23.3 Å². The fourth-order valence-corrected chi connectivity index (χ4v) is 3.43. The van der Waals surface area contributed by atoms with E-state index < -0.39 is 5.82 Å². The van der Waals surface area contributed by atoms with E-state index in [1.807, 2.05) is 13.2 Å². The molecule has 1 fully saturated rings. The number of rotatable bonds is 4. The normalized spacial score (nSPS) is 16.9. The maximum atomic E-state index is 13.6. The lowest BCUT2D eigenvalue weighted by molar-refractivity contribution is -0.124. The van der Waals surface area contributed by atoms with E-state index in [0.717, 1.165) is 25.1 Å². The molecule has 0 unspecified atom stereocenters. The first-order chi connectivity index (χ1) is 13.5. The highest BCUT2D eigenvalue weighted by atomic mass is 19.1. The predicted molar refractivity (Wildman–Crippen MR) is 104 cm³/mol. The van der Waals surface area contributed by atoms with Gasteiger partial charge in [-0.25, -0.2) is 9.37 Å². The summed E-state index contributed by atoms with van der Waals surface area (Å²) in [5.41, 5.74) is 12.7. The van der Waals surface area contributed by atoms with Crippen LogP contribution in [-0.4, -0.2) is 38.7 Å². The lowest BCUT2D eigenvalue weighted by atomic mass is 9.97. The van der Waals surface area contributed by atoms with Crippen molar-refractivity contribution >= 4 is 34.3 Å². The smallest absolute Gasteiger partial charge is 0.243 e. The quantitative estimate of drug-likeness (QED) is 0.583. The molecular weight excluding hydrogens is 363 g/mol. The zero-order valence-electron chi connectivity index (χ0n) is 15.4. The van der Waals surface area contributed by atoms with E-state index >= 15 is 0 Å². The molecule has 2 aromatic heterocycles. The van der Waals surface area contributed by atoms with Crippen molar-refractivity contribution in [3.05, 3.63) is 36.4 Å². The van der Waals surface area contributed by atoms with Gasteiger partial charge in [-0.15, -0.1) is 0 Å². The molecule has 1 aliphatic rings. The monoisotopic (exact) mass is 384 g/mol. The lowest BCUT2D eigenvalue weighted by Crippen LogP contribution is -2.44. The molecule has 9 nitrogen and oxygen atoms in total. The molecule has 10 heteroatoms. The van der Waals surface area contributed by atoms with Crippen molar-refractivity contribution in [3.8, 4) is 0 Å². The number of anilines is 3. The summed E-state index contributed by atoms with van der Waals surface area (Å²) < 4.78 is 15.3. The van der Waals surface area contributed by atoms with Crippen molar-refractivity contribution in [1.29, 1.82) is 0 Å². The zero-order valence-corrected chi connectivity index (χ0v) is 15.4. The van der Waals surface area contributed by atoms with Gasteiger partial charge in [-0.1, -0.05) is 0 Å². The number of aromatic nitrogens is 4. The highest BCUT2D eigenvalue weighted by Crippen LogP contribution is 2.24. The van der Waals surface area contributed by atoms with Gasteiger partial charge in [0, 0.05) is 31.7 Å². The Hall–Kier alpha value is -3.43. The van der Waals surface area contributed by atoms with Gasteiger partial charge in [-0.05, 0) is 31.0 Å². The maximum Gasteiger partial charge on any atom is 0.243 e. The SMILES string of the molecule is Cn1cc(N2CCC[C@H](C(=O)NNc3nc(N)nc4ccc(F)cc34)C2)cn1. The van der Waals surface area contributed by atoms with E-state index in [1.54, 1.807) is 10.9 Å². The number of nitrogens with zero attached hydrogens (tertiary/aromatic N) is 5. The number of nitrogens with one attached hydrogen (secondary N) is 2. The van der Waals surface area contributed by atoms with Gasteiger partial charge in [0.15, 0.2) is 5.82 Å². The highest BCUT2D eigenvalue weighted by Gasteiger charge is 2.26. The molecule has 3 aromatic rings. The van der Waals surface area contributed by atoms with Crippen LogP contribution in [0.3, 0.4) is 0 Å². The third kappa shape index (κ3) is 3.66. The molecular formula is C18H21FN8O. The minimum atomic E-state index is -0.422. The number of nitrogens with two attached hydrogens (primary N) is 1. The number of hydrogen-bond acceptors (Lipinski definition) is 7. The Labute approximate surface area is 160 Å². The molecule has 4 rings (SSSR count). The topological polar surface area (TPSA) is 114 Å². The van der Waals surface area contributed by atoms with Crippen molar-refractivity contribution < 1.29 is 9.18 Å². The van der Waals surface area contributed by atoms with Crippen molar-refractivity contribution in [3.63, 3.8) is 0 Å². The molecule has 0 spiro atoms. The Morgan fingerprint density at radius 3 is 3.00 bits per heavy atom. The van der Waals surface area contributed by atoms with E-state index in [4.69, 9.17) is 5.73 Å². The lowest BCUT2D eigenvalue weighted by Gasteiger charge is -2.32. The number of fused-ring (bicyclic) bond motifs is 1. The van der Waals surface area contributed by atoms with Gasteiger partial charge in [-0.3, -0.25) is 20.3 Å². The van der Waals surface area contributed by atoms with Crippen LogP contribution < -0.4 is 21.5 Å². The van der Waals surface area contributed by atoms with Crippen LogP contribution in [0.2, 0.25) is 0 Å².